The summed E-state index contributed by atoms with van der Waals surface area (Å²) >= 11 is 0. The van der Waals surface area contributed by atoms with Crippen LogP contribution in [0.4, 0.5) is 4.79 Å². The Morgan fingerprint density at radius 3 is 2.83 bits per heavy atom. The number of hydrogen-bond acceptors (Lipinski definition) is 5. The van der Waals surface area contributed by atoms with Crippen molar-refractivity contribution in [1.82, 2.24) is 25.0 Å². The Bertz CT molecular complexity index is 884. The summed E-state index contributed by atoms with van der Waals surface area (Å²) in [5, 5.41) is 7.59. The first-order chi connectivity index (χ1) is 11.6. The number of para-hydroxylation sites is 1. The largest absolute Gasteiger partial charge is 0.458 e. The number of furan rings is 1. The molecule has 3 aromatic rings. The van der Waals surface area contributed by atoms with E-state index >= 15 is 0 Å². The second kappa shape index (κ2) is 5.19. The van der Waals surface area contributed by atoms with Gasteiger partial charge in [0.2, 0.25) is 0 Å². The van der Waals surface area contributed by atoms with E-state index in [1.54, 1.807) is 17.7 Å². The van der Waals surface area contributed by atoms with Gasteiger partial charge >= 0.3 is 6.03 Å². The second-order valence-electron chi connectivity index (χ2n) is 5.82. The monoisotopic (exact) mass is 325 g/mol. The van der Waals surface area contributed by atoms with Gasteiger partial charge in [0, 0.05) is 5.39 Å². The molecule has 1 aromatic carbocycles. The van der Waals surface area contributed by atoms with E-state index in [9.17, 15) is 9.59 Å². The molecule has 1 saturated heterocycles. The van der Waals surface area contributed by atoms with Crippen molar-refractivity contribution >= 4 is 22.9 Å². The summed E-state index contributed by atoms with van der Waals surface area (Å²) in [6.45, 7) is 2.25. The molecule has 0 radical (unpaired) electrons. The van der Waals surface area contributed by atoms with Crippen molar-refractivity contribution in [3.8, 4) is 0 Å². The van der Waals surface area contributed by atoms with Crippen LogP contribution in [0.25, 0.3) is 11.0 Å². The van der Waals surface area contributed by atoms with Gasteiger partial charge in [-0.25, -0.2) is 9.78 Å². The average Bonchev–Trinajstić information content (AvgIpc) is 3.27. The van der Waals surface area contributed by atoms with Crippen LogP contribution in [-0.2, 0) is 16.9 Å². The first-order valence-electron chi connectivity index (χ1n) is 7.53. The van der Waals surface area contributed by atoms with E-state index in [2.05, 4.69) is 15.4 Å². The van der Waals surface area contributed by atoms with Crippen LogP contribution in [0.15, 0.2) is 47.4 Å². The van der Waals surface area contributed by atoms with Gasteiger partial charge in [0.15, 0.2) is 5.54 Å². The number of imide groups is 1. The van der Waals surface area contributed by atoms with Gasteiger partial charge in [-0.3, -0.25) is 14.4 Å². The lowest BCUT2D eigenvalue weighted by molar-refractivity contribution is -0.131. The third kappa shape index (κ3) is 2.15. The number of benzene rings is 1. The van der Waals surface area contributed by atoms with Crippen molar-refractivity contribution in [2.24, 2.45) is 0 Å². The van der Waals surface area contributed by atoms with E-state index in [1.807, 2.05) is 24.3 Å². The Labute approximate surface area is 137 Å². The summed E-state index contributed by atoms with van der Waals surface area (Å²) in [6.07, 6.45) is 2.95. The summed E-state index contributed by atoms with van der Waals surface area (Å²) in [7, 11) is 0. The van der Waals surface area contributed by atoms with Gasteiger partial charge in [-0.1, -0.05) is 18.2 Å². The van der Waals surface area contributed by atoms with Crippen LogP contribution in [0, 0.1) is 0 Å². The van der Waals surface area contributed by atoms with E-state index in [4.69, 9.17) is 4.42 Å². The molecule has 1 N–H and O–H groups in total. The normalized spacial score (nSPS) is 20.8. The molecule has 122 valence electrons. The second-order valence-corrected chi connectivity index (χ2v) is 5.82. The molecule has 1 aliphatic heterocycles. The number of aromatic nitrogens is 3. The highest BCUT2D eigenvalue weighted by Gasteiger charge is 2.51. The summed E-state index contributed by atoms with van der Waals surface area (Å²) in [6, 6.07) is 8.82. The molecular formula is C16H15N5O3. The molecule has 1 atom stereocenters. The lowest BCUT2D eigenvalue weighted by Gasteiger charge is -2.19. The van der Waals surface area contributed by atoms with Crippen molar-refractivity contribution in [2.75, 3.05) is 6.54 Å². The number of fused-ring (bicyclic) bond motifs is 1. The molecule has 0 bridgehead atoms. The lowest BCUT2D eigenvalue weighted by Crippen LogP contribution is -2.40. The van der Waals surface area contributed by atoms with Gasteiger partial charge in [0.05, 0.1) is 13.1 Å². The zero-order chi connectivity index (χ0) is 16.7. The van der Waals surface area contributed by atoms with Crippen LogP contribution in [-0.4, -0.2) is 38.1 Å². The quantitative estimate of drug-likeness (QED) is 0.734. The van der Waals surface area contributed by atoms with Gasteiger partial charge in [0.25, 0.3) is 5.91 Å². The Balaban J connectivity index is 1.61. The average molecular weight is 325 g/mol. The van der Waals surface area contributed by atoms with Crippen LogP contribution in [0.2, 0.25) is 0 Å². The highest BCUT2D eigenvalue weighted by molar-refractivity contribution is 6.07. The molecule has 0 saturated carbocycles. The number of hydrogen-bond donors (Lipinski definition) is 1. The molecular weight excluding hydrogens is 310 g/mol. The highest BCUT2D eigenvalue weighted by Crippen LogP contribution is 2.32. The van der Waals surface area contributed by atoms with E-state index in [0.29, 0.717) is 17.9 Å². The number of amides is 3. The Kier molecular flexibility index (Phi) is 3.12. The van der Waals surface area contributed by atoms with Gasteiger partial charge in [-0.15, -0.1) is 0 Å². The van der Waals surface area contributed by atoms with Crippen LogP contribution in [0.1, 0.15) is 12.7 Å². The van der Waals surface area contributed by atoms with Crippen molar-refractivity contribution in [3.05, 3.63) is 48.7 Å². The zero-order valence-electron chi connectivity index (χ0n) is 13.0. The molecule has 0 spiro atoms. The predicted octanol–water partition coefficient (Wildman–Crippen LogP) is 1.49. The SMILES string of the molecule is CC1(c2cc3ccccc3o2)NC(=O)N(CCn2cncn2)C1=O. The third-order valence-electron chi connectivity index (χ3n) is 4.21. The van der Waals surface area contributed by atoms with Crippen molar-refractivity contribution in [3.63, 3.8) is 0 Å². The summed E-state index contributed by atoms with van der Waals surface area (Å²) in [5.74, 6) is 0.0805. The summed E-state index contributed by atoms with van der Waals surface area (Å²) in [5.41, 5.74) is -0.532. The highest BCUT2D eigenvalue weighted by atomic mass is 16.3. The first-order valence-corrected chi connectivity index (χ1v) is 7.53. The van der Waals surface area contributed by atoms with Crippen LogP contribution in [0.3, 0.4) is 0 Å². The minimum atomic E-state index is -1.21. The van der Waals surface area contributed by atoms with Crippen molar-refractivity contribution < 1.29 is 14.0 Å². The van der Waals surface area contributed by atoms with E-state index < -0.39 is 11.6 Å². The molecule has 3 heterocycles. The third-order valence-corrected chi connectivity index (χ3v) is 4.21. The minimum absolute atomic E-state index is 0.212. The van der Waals surface area contributed by atoms with Gasteiger partial charge in [-0.05, 0) is 19.1 Å². The topological polar surface area (TPSA) is 93.3 Å². The zero-order valence-corrected chi connectivity index (χ0v) is 13.0. The van der Waals surface area contributed by atoms with Crippen LogP contribution >= 0.6 is 0 Å². The molecule has 8 heteroatoms. The molecule has 8 nitrogen and oxygen atoms in total. The van der Waals surface area contributed by atoms with E-state index in [-0.39, 0.29) is 12.5 Å². The number of nitrogens with zero attached hydrogens (tertiary/aromatic N) is 4. The van der Waals surface area contributed by atoms with Gasteiger partial charge in [0.1, 0.15) is 24.0 Å². The van der Waals surface area contributed by atoms with Gasteiger partial charge < -0.3 is 9.73 Å². The molecule has 0 aliphatic carbocycles. The molecule has 4 rings (SSSR count). The van der Waals surface area contributed by atoms with E-state index in [0.717, 1.165) is 5.39 Å². The van der Waals surface area contributed by atoms with E-state index in [1.165, 1.54) is 17.6 Å². The number of urea groups is 1. The summed E-state index contributed by atoms with van der Waals surface area (Å²) < 4.78 is 7.35. The molecule has 2 aromatic heterocycles. The fraction of sp³-hybridized carbons (Fsp3) is 0.250. The molecule has 1 aliphatic rings. The maximum atomic E-state index is 12.8. The standard InChI is InChI=1S/C16H15N5O3/c1-16(13-8-11-4-2-3-5-12(11)24-13)14(22)21(15(23)19-16)7-6-20-10-17-9-18-20/h2-5,8-10H,6-7H2,1H3,(H,19,23). The van der Waals surface area contributed by atoms with Crippen LogP contribution in [0.5, 0.6) is 0 Å². The predicted molar refractivity (Wildman–Crippen MR) is 83.8 cm³/mol. The lowest BCUT2D eigenvalue weighted by atomic mass is 9.99. The first kappa shape index (κ1) is 14.4. The number of nitrogens with one attached hydrogen (secondary N) is 1. The number of carbonyl (C=O) groups is 2. The van der Waals surface area contributed by atoms with Gasteiger partial charge in [-0.2, -0.15) is 5.10 Å². The molecule has 3 amide bonds. The Morgan fingerprint density at radius 2 is 2.08 bits per heavy atom. The van der Waals surface area contributed by atoms with Crippen molar-refractivity contribution in [2.45, 2.75) is 19.0 Å². The summed E-state index contributed by atoms with van der Waals surface area (Å²) in [4.78, 5) is 30.1. The maximum Gasteiger partial charge on any atom is 0.325 e. The van der Waals surface area contributed by atoms with Crippen LogP contribution < -0.4 is 5.32 Å². The molecule has 24 heavy (non-hydrogen) atoms. The minimum Gasteiger partial charge on any atom is -0.458 e. The van der Waals surface area contributed by atoms with Crippen molar-refractivity contribution in [1.29, 1.82) is 0 Å². The maximum absolute atomic E-state index is 12.8. The fourth-order valence-electron chi connectivity index (χ4n) is 2.85. The fourth-order valence-corrected chi connectivity index (χ4v) is 2.85. The Morgan fingerprint density at radius 1 is 1.25 bits per heavy atom. The molecule has 1 unspecified atom stereocenters. The molecule has 1 fully saturated rings. The smallest absolute Gasteiger partial charge is 0.325 e. The number of rotatable bonds is 4. The number of carbonyl (C=O) groups excluding carboxylic acids is 2. The Hall–Kier alpha value is -3.16.